The first kappa shape index (κ1) is 12.2. The molecule has 0 radical (unpaired) electrons. The minimum atomic E-state index is 0.479. The molecule has 0 saturated heterocycles. The Kier molecular flexibility index (Phi) is 3.62. The molecule has 2 rings (SSSR count). The number of hydrogen-bond acceptors (Lipinski definition) is 5. The van der Waals surface area contributed by atoms with Crippen molar-refractivity contribution in [1.29, 1.82) is 0 Å². The summed E-state index contributed by atoms with van der Waals surface area (Å²) in [5, 5.41) is 3.88. The highest BCUT2D eigenvalue weighted by atomic mass is 16.5. The van der Waals surface area contributed by atoms with E-state index in [0.717, 1.165) is 17.8 Å². The predicted molar refractivity (Wildman–Crippen MR) is 73.0 cm³/mol. The zero-order valence-corrected chi connectivity index (χ0v) is 10.5. The first-order valence-electron chi connectivity index (χ1n) is 5.77. The summed E-state index contributed by atoms with van der Waals surface area (Å²) >= 11 is 0. The lowest BCUT2D eigenvalue weighted by molar-refractivity contribution is 0.409. The van der Waals surface area contributed by atoms with Gasteiger partial charge in [-0.2, -0.15) is 4.98 Å². The Hall–Kier alpha value is -2.30. The normalized spacial score (nSPS) is 11.0. The molecule has 0 amide bonds. The Bertz CT molecular complexity index is 547. The summed E-state index contributed by atoms with van der Waals surface area (Å²) in [6.07, 6.45) is 3.66. The van der Waals surface area contributed by atoms with E-state index in [1.54, 1.807) is 6.08 Å². The highest BCUT2D eigenvalue weighted by Crippen LogP contribution is 2.12. The number of hydrogen-bond donors (Lipinski definition) is 1. The van der Waals surface area contributed by atoms with Gasteiger partial charge < -0.3 is 15.2 Å². The van der Waals surface area contributed by atoms with Crippen LogP contribution in [0.3, 0.4) is 0 Å². The Morgan fingerprint density at radius 3 is 2.94 bits per heavy atom. The monoisotopic (exact) mass is 244 g/mol. The number of nitrogen functional groups attached to an aromatic ring is 1. The fourth-order valence-corrected chi connectivity index (χ4v) is 1.42. The zero-order chi connectivity index (χ0) is 13.0. The number of nitrogens with zero attached hydrogens (tertiary/aromatic N) is 3. The van der Waals surface area contributed by atoms with Crippen LogP contribution < -0.4 is 10.6 Å². The lowest BCUT2D eigenvalue weighted by atomic mass is 10.2. The van der Waals surface area contributed by atoms with Crippen molar-refractivity contribution in [2.24, 2.45) is 0 Å². The van der Waals surface area contributed by atoms with Crippen molar-refractivity contribution in [2.45, 2.75) is 6.92 Å². The van der Waals surface area contributed by atoms with Crippen molar-refractivity contribution in [2.75, 3.05) is 24.2 Å². The lowest BCUT2D eigenvalue weighted by Gasteiger charge is -2.08. The standard InChI is InChI=1S/C13H16N4O/c1-3-17(2)13-15-12(18-16-13)8-7-10-5-4-6-11(14)9-10/h4-9H,3,14H2,1-2H3/b8-7+. The summed E-state index contributed by atoms with van der Waals surface area (Å²) in [7, 11) is 1.91. The van der Waals surface area contributed by atoms with E-state index in [1.165, 1.54) is 0 Å². The molecule has 1 aromatic carbocycles. The van der Waals surface area contributed by atoms with Gasteiger partial charge in [-0.15, -0.1) is 0 Å². The van der Waals surface area contributed by atoms with Gasteiger partial charge in [0, 0.05) is 25.4 Å². The van der Waals surface area contributed by atoms with Gasteiger partial charge in [0.1, 0.15) is 0 Å². The molecule has 0 aliphatic carbocycles. The van der Waals surface area contributed by atoms with Crippen molar-refractivity contribution >= 4 is 23.8 Å². The van der Waals surface area contributed by atoms with Crippen molar-refractivity contribution in [1.82, 2.24) is 10.1 Å². The Balaban J connectivity index is 2.12. The first-order chi connectivity index (χ1) is 8.69. The van der Waals surface area contributed by atoms with Crippen LogP contribution in [0.2, 0.25) is 0 Å². The van der Waals surface area contributed by atoms with E-state index in [-0.39, 0.29) is 0 Å². The van der Waals surface area contributed by atoms with Gasteiger partial charge in [0.25, 0.3) is 11.8 Å². The predicted octanol–water partition coefficient (Wildman–Crippen LogP) is 2.28. The van der Waals surface area contributed by atoms with Gasteiger partial charge in [0.05, 0.1) is 0 Å². The van der Waals surface area contributed by atoms with Crippen molar-refractivity contribution in [3.63, 3.8) is 0 Å². The number of rotatable bonds is 4. The van der Waals surface area contributed by atoms with Crippen LogP contribution in [0, 0.1) is 0 Å². The summed E-state index contributed by atoms with van der Waals surface area (Å²) in [4.78, 5) is 6.15. The molecule has 94 valence electrons. The second kappa shape index (κ2) is 5.35. The molecule has 5 nitrogen and oxygen atoms in total. The summed E-state index contributed by atoms with van der Waals surface area (Å²) in [6.45, 7) is 2.86. The van der Waals surface area contributed by atoms with Gasteiger partial charge in [-0.25, -0.2) is 0 Å². The highest BCUT2D eigenvalue weighted by Gasteiger charge is 2.06. The van der Waals surface area contributed by atoms with E-state index in [1.807, 2.05) is 49.2 Å². The van der Waals surface area contributed by atoms with Gasteiger partial charge in [0.2, 0.25) is 0 Å². The van der Waals surface area contributed by atoms with Crippen molar-refractivity contribution in [3.05, 3.63) is 35.7 Å². The maximum Gasteiger partial charge on any atom is 0.266 e. The molecule has 0 spiro atoms. The van der Waals surface area contributed by atoms with E-state index < -0.39 is 0 Å². The van der Waals surface area contributed by atoms with Crippen LogP contribution in [0.5, 0.6) is 0 Å². The first-order valence-corrected chi connectivity index (χ1v) is 5.77. The van der Waals surface area contributed by atoms with Crippen molar-refractivity contribution < 1.29 is 4.52 Å². The highest BCUT2D eigenvalue weighted by molar-refractivity contribution is 5.68. The number of anilines is 2. The molecular weight excluding hydrogens is 228 g/mol. The van der Waals surface area contributed by atoms with E-state index in [4.69, 9.17) is 10.3 Å². The maximum absolute atomic E-state index is 5.70. The smallest absolute Gasteiger partial charge is 0.266 e. The average molecular weight is 244 g/mol. The molecule has 2 N–H and O–H groups in total. The summed E-state index contributed by atoms with van der Waals surface area (Å²) in [6, 6.07) is 7.59. The van der Waals surface area contributed by atoms with Crippen LogP contribution >= 0.6 is 0 Å². The zero-order valence-electron chi connectivity index (χ0n) is 10.5. The van der Waals surface area contributed by atoms with Crippen LogP contribution in [0.15, 0.2) is 28.8 Å². The Morgan fingerprint density at radius 2 is 2.22 bits per heavy atom. The molecule has 0 fully saturated rings. The molecule has 0 unspecified atom stereocenters. The minimum absolute atomic E-state index is 0.479. The fourth-order valence-electron chi connectivity index (χ4n) is 1.42. The topological polar surface area (TPSA) is 68.2 Å². The van der Waals surface area contributed by atoms with Gasteiger partial charge in [-0.1, -0.05) is 12.1 Å². The summed E-state index contributed by atoms with van der Waals surface area (Å²) in [5.74, 6) is 1.07. The number of aromatic nitrogens is 2. The fraction of sp³-hybridized carbons (Fsp3) is 0.231. The molecular formula is C13H16N4O. The summed E-state index contributed by atoms with van der Waals surface area (Å²) in [5.41, 5.74) is 7.43. The van der Waals surface area contributed by atoms with Gasteiger partial charge >= 0.3 is 0 Å². The van der Waals surface area contributed by atoms with E-state index >= 15 is 0 Å². The number of benzene rings is 1. The molecule has 0 atom stereocenters. The Morgan fingerprint density at radius 1 is 1.39 bits per heavy atom. The van der Waals surface area contributed by atoms with Crippen LogP contribution in [0.25, 0.3) is 12.2 Å². The molecule has 1 heterocycles. The van der Waals surface area contributed by atoms with Crippen LogP contribution in [-0.4, -0.2) is 23.7 Å². The molecule has 0 bridgehead atoms. The Labute approximate surface area is 106 Å². The second-order valence-electron chi connectivity index (χ2n) is 3.95. The lowest BCUT2D eigenvalue weighted by Crippen LogP contribution is -2.16. The molecule has 0 aliphatic rings. The van der Waals surface area contributed by atoms with Crippen LogP contribution in [0.1, 0.15) is 18.4 Å². The molecule has 18 heavy (non-hydrogen) atoms. The van der Waals surface area contributed by atoms with Gasteiger partial charge in [-0.05, 0) is 35.9 Å². The van der Waals surface area contributed by atoms with E-state index in [0.29, 0.717) is 11.8 Å². The van der Waals surface area contributed by atoms with Crippen molar-refractivity contribution in [3.8, 4) is 0 Å². The van der Waals surface area contributed by atoms with Crippen LogP contribution in [0.4, 0.5) is 11.6 Å². The van der Waals surface area contributed by atoms with E-state index in [9.17, 15) is 0 Å². The van der Waals surface area contributed by atoms with Gasteiger partial charge in [0.15, 0.2) is 0 Å². The minimum Gasteiger partial charge on any atom is -0.399 e. The third-order valence-corrected chi connectivity index (χ3v) is 2.58. The third kappa shape index (κ3) is 2.88. The largest absolute Gasteiger partial charge is 0.399 e. The second-order valence-corrected chi connectivity index (χ2v) is 3.95. The molecule has 2 aromatic rings. The molecule has 1 aromatic heterocycles. The SMILES string of the molecule is CCN(C)c1noc(/C=C/c2cccc(N)c2)n1. The van der Waals surface area contributed by atoms with Gasteiger partial charge in [-0.3, -0.25) is 0 Å². The summed E-state index contributed by atoms with van der Waals surface area (Å²) < 4.78 is 5.12. The quantitative estimate of drug-likeness (QED) is 0.836. The maximum atomic E-state index is 5.70. The molecule has 0 saturated carbocycles. The number of nitrogens with two attached hydrogens (primary N) is 1. The molecule has 5 heteroatoms. The third-order valence-electron chi connectivity index (χ3n) is 2.58. The molecule has 0 aliphatic heterocycles. The van der Waals surface area contributed by atoms with Crippen LogP contribution in [-0.2, 0) is 0 Å². The average Bonchev–Trinajstić information content (AvgIpc) is 2.84. The van der Waals surface area contributed by atoms with E-state index in [2.05, 4.69) is 10.1 Å².